The maximum Gasteiger partial charge on any atom is 0.330 e. The monoisotopic (exact) mass is 249 g/mol. The SMILES string of the molecule is COc1ccc2c(c1OC)CCN/C2=C\C(=O)O. The van der Waals surface area contributed by atoms with E-state index in [4.69, 9.17) is 14.6 Å². The molecule has 5 nitrogen and oxygen atoms in total. The average Bonchev–Trinajstić information content (AvgIpc) is 2.37. The number of aliphatic carboxylic acids is 1. The Morgan fingerprint density at radius 1 is 1.39 bits per heavy atom. The lowest BCUT2D eigenvalue weighted by molar-refractivity contribution is -0.131. The fourth-order valence-electron chi connectivity index (χ4n) is 2.16. The maximum absolute atomic E-state index is 10.8. The summed E-state index contributed by atoms with van der Waals surface area (Å²) in [4.78, 5) is 10.8. The number of methoxy groups -OCH3 is 2. The summed E-state index contributed by atoms with van der Waals surface area (Å²) in [6, 6.07) is 3.62. The number of benzene rings is 1. The van der Waals surface area contributed by atoms with E-state index in [0.29, 0.717) is 23.7 Å². The smallest absolute Gasteiger partial charge is 0.330 e. The van der Waals surface area contributed by atoms with Crippen LogP contribution in [0.15, 0.2) is 18.2 Å². The zero-order valence-electron chi connectivity index (χ0n) is 10.3. The molecule has 0 bridgehead atoms. The van der Waals surface area contributed by atoms with E-state index in [9.17, 15) is 4.79 Å². The van der Waals surface area contributed by atoms with Crippen molar-refractivity contribution in [3.8, 4) is 11.5 Å². The van der Waals surface area contributed by atoms with Crippen LogP contribution in [0.5, 0.6) is 11.5 Å². The summed E-state index contributed by atoms with van der Waals surface area (Å²) in [5, 5.41) is 11.9. The molecular weight excluding hydrogens is 234 g/mol. The first-order valence-corrected chi connectivity index (χ1v) is 5.60. The largest absolute Gasteiger partial charge is 0.493 e. The molecule has 0 saturated heterocycles. The highest BCUT2D eigenvalue weighted by atomic mass is 16.5. The molecule has 1 aliphatic rings. The normalized spacial score (nSPS) is 15.8. The number of carboxylic acid groups (broad SMARTS) is 1. The molecule has 18 heavy (non-hydrogen) atoms. The lowest BCUT2D eigenvalue weighted by atomic mass is 9.96. The summed E-state index contributed by atoms with van der Waals surface area (Å²) in [5.74, 6) is 0.362. The Bertz CT molecular complexity index is 508. The summed E-state index contributed by atoms with van der Waals surface area (Å²) in [6.07, 6.45) is 1.94. The molecule has 0 atom stereocenters. The molecule has 0 spiro atoms. The number of hydrogen-bond acceptors (Lipinski definition) is 4. The van der Waals surface area contributed by atoms with Gasteiger partial charge in [0.15, 0.2) is 11.5 Å². The number of rotatable bonds is 3. The van der Waals surface area contributed by atoms with Gasteiger partial charge < -0.3 is 19.9 Å². The van der Waals surface area contributed by atoms with E-state index in [2.05, 4.69) is 5.32 Å². The van der Waals surface area contributed by atoms with Gasteiger partial charge in [-0.05, 0) is 18.6 Å². The second-order valence-corrected chi connectivity index (χ2v) is 3.90. The quantitative estimate of drug-likeness (QED) is 0.790. The zero-order valence-corrected chi connectivity index (χ0v) is 10.3. The van der Waals surface area contributed by atoms with Crippen LogP contribution in [0.2, 0.25) is 0 Å². The molecule has 0 aromatic heterocycles. The van der Waals surface area contributed by atoms with Crippen molar-refractivity contribution < 1.29 is 19.4 Å². The Labute approximate surface area is 105 Å². The molecule has 1 heterocycles. The van der Waals surface area contributed by atoms with Crippen LogP contribution in [0.25, 0.3) is 5.70 Å². The Kier molecular flexibility index (Phi) is 3.41. The Morgan fingerprint density at radius 2 is 2.17 bits per heavy atom. The standard InChI is InChI=1S/C13H15NO4/c1-17-11-4-3-8-9(13(11)18-2)5-6-14-10(8)7-12(15)16/h3-4,7,14H,5-6H2,1-2H3,(H,15,16)/b10-7-. The molecule has 0 saturated carbocycles. The van der Waals surface area contributed by atoms with E-state index in [1.807, 2.05) is 6.07 Å². The fourth-order valence-corrected chi connectivity index (χ4v) is 2.16. The number of carbonyl (C=O) groups is 1. The van der Waals surface area contributed by atoms with Crippen LogP contribution in [0.4, 0.5) is 0 Å². The number of hydrogen-bond donors (Lipinski definition) is 2. The second kappa shape index (κ2) is 5.00. The molecule has 1 aromatic carbocycles. The molecule has 0 amide bonds. The van der Waals surface area contributed by atoms with Gasteiger partial charge in [0.05, 0.1) is 14.2 Å². The van der Waals surface area contributed by atoms with Gasteiger partial charge in [0.1, 0.15) is 0 Å². The van der Waals surface area contributed by atoms with Gasteiger partial charge in [-0.3, -0.25) is 0 Å². The third kappa shape index (κ3) is 2.11. The second-order valence-electron chi connectivity index (χ2n) is 3.90. The molecule has 1 aromatic rings. The number of ether oxygens (including phenoxy) is 2. The summed E-state index contributed by atoms with van der Waals surface area (Å²) in [5.41, 5.74) is 2.43. The first kappa shape index (κ1) is 12.3. The van der Waals surface area contributed by atoms with Gasteiger partial charge in [-0.15, -0.1) is 0 Å². The third-order valence-corrected chi connectivity index (χ3v) is 2.90. The van der Waals surface area contributed by atoms with Gasteiger partial charge in [-0.25, -0.2) is 4.79 Å². The van der Waals surface area contributed by atoms with E-state index in [1.54, 1.807) is 20.3 Å². The summed E-state index contributed by atoms with van der Waals surface area (Å²) in [6.45, 7) is 0.676. The van der Waals surface area contributed by atoms with E-state index in [0.717, 1.165) is 17.5 Å². The zero-order chi connectivity index (χ0) is 13.1. The molecule has 0 fully saturated rings. The highest BCUT2D eigenvalue weighted by Crippen LogP contribution is 2.37. The van der Waals surface area contributed by atoms with Gasteiger partial charge >= 0.3 is 5.97 Å². The van der Waals surface area contributed by atoms with Crippen LogP contribution >= 0.6 is 0 Å². The van der Waals surface area contributed by atoms with Crippen molar-refractivity contribution in [3.05, 3.63) is 29.3 Å². The molecule has 0 radical (unpaired) electrons. The van der Waals surface area contributed by atoms with Gasteiger partial charge in [0.2, 0.25) is 0 Å². The number of carboxylic acids is 1. The predicted octanol–water partition coefficient (Wildman–Crippen LogP) is 1.28. The fraction of sp³-hybridized carbons (Fsp3) is 0.308. The molecule has 96 valence electrons. The van der Waals surface area contributed by atoms with Crippen LogP contribution in [0, 0.1) is 0 Å². The van der Waals surface area contributed by atoms with Gasteiger partial charge in [-0.1, -0.05) is 0 Å². The summed E-state index contributed by atoms with van der Waals surface area (Å²) in [7, 11) is 3.17. The van der Waals surface area contributed by atoms with Crippen LogP contribution in [0.3, 0.4) is 0 Å². The first-order chi connectivity index (χ1) is 8.67. The minimum atomic E-state index is -0.972. The highest BCUT2D eigenvalue weighted by molar-refractivity contribution is 5.90. The summed E-state index contributed by atoms with van der Waals surface area (Å²) < 4.78 is 10.6. The Hall–Kier alpha value is -2.17. The average molecular weight is 249 g/mol. The van der Waals surface area contributed by atoms with Crippen molar-refractivity contribution in [1.29, 1.82) is 0 Å². The molecular formula is C13H15NO4. The van der Waals surface area contributed by atoms with E-state index >= 15 is 0 Å². The topological polar surface area (TPSA) is 67.8 Å². The molecule has 2 N–H and O–H groups in total. The number of nitrogens with one attached hydrogen (secondary N) is 1. The van der Waals surface area contributed by atoms with Crippen LogP contribution in [-0.2, 0) is 11.2 Å². The van der Waals surface area contributed by atoms with Crippen molar-refractivity contribution >= 4 is 11.7 Å². The van der Waals surface area contributed by atoms with Crippen molar-refractivity contribution in [1.82, 2.24) is 5.32 Å². The predicted molar refractivity (Wildman–Crippen MR) is 66.9 cm³/mol. The van der Waals surface area contributed by atoms with Crippen molar-refractivity contribution in [3.63, 3.8) is 0 Å². The summed E-state index contributed by atoms with van der Waals surface area (Å²) >= 11 is 0. The van der Waals surface area contributed by atoms with Crippen molar-refractivity contribution in [2.45, 2.75) is 6.42 Å². The lowest BCUT2D eigenvalue weighted by Gasteiger charge is -2.24. The van der Waals surface area contributed by atoms with Gasteiger partial charge in [-0.2, -0.15) is 0 Å². The molecule has 2 rings (SSSR count). The minimum absolute atomic E-state index is 0.602. The molecule has 5 heteroatoms. The minimum Gasteiger partial charge on any atom is -0.493 e. The molecule has 1 aliphatic heterocycles. The van der Waals surface area contributed by atoms with Crippen LogP contribution in [0.1, 0.15) is 11.1 Å². The van der Waals surface area contributed by atoms with E-state index < -0.39 is 5.97 Å². The Morgan fingerprint density at radius 3 is 2.78 bits per heavy atom. The van der Waals surface area contributed by atoms with Gasteiger partial charge in [0, 0.05) is 29.4 Å². The van der Waals surface area contributed by atoms with Crippen LogP contribution < -0.4 is 14.8 Å². The molecule has 0 unspecified atom stereocenters. The van der Waals surface area contributed by atoms with E-state index in [1.165, 1.54) is 6.08 Å². The highest BCUT2D eigenvalue weighted by Gasteiger charge is 2.21. The van der Waals surface area contributed by atoms with Crippen molar-refractivity contribution in [2.75, 3.05) is 20.8 Å². The van der Waals surface area contributed by atoms with Crippen molar-refractivity contribution in [2.24, 2.45) is 0 Å². The number of fused-ring (bicyclic) bond motifs is 1. The van der Waals surface area contributed by atoms with Crippen LogP contribution in [-0.4, -0.2) is 31.8 Å². The molecule has 0 aliphatic carbocycles. The van der Waals surface area contributed by atoms with Gasteiger partial charge in [0.25, 0.3) is 0 Å². The lowest BCUT2D eigenvalue weighted by Crippen LogP contribution is -2.24. The Balaban J connectivity index is 2.57. The third-order valence-electron chi connectivity index (χ3n) is 2.90. The first-order valence-electron chi connectivity index (χ1n) is 5.60. The maximum atomic E-state index is 10.8. The van der Waals surface area contributed by atoms with E-state index in [-0.39, 0.29) is 0 Å².